The number of carboxylic acids is 1. The van der Waals surface area contributed by atoms with Gasteiger partial charge in [0, 0.05) is 17.7 Å². The number of hydrogen-bond donors (Lipinski definition) is 2. The van der Waals surface area contributed by atoms with Crippen LogP contribution in [0.5, 0.6) is 0 Å². The zero-order chi connectivity index (χ0) is 15.7. The van der Waals surface area contributed by atoms with Crippen LogP contribution in [0.3, 0.4) is 0 Å². The van der Waals surface area contributed by atoms with Gasteiger partial charge in [0.15, 0.2) is 5.69 Å². The smallest absolute Gasteiger partial charge is 0.310 e. The number of amides is 1. The van der Waals surface area contributed by atoms with Crippen molar-refractivity contribution in [3.63, 3.8) is 0 Å². The number of aromatic nitrogens is 1. The summed E-state index contributed by atoms with van der Waals surface area (Å²) in [5, 5.41) is 15.5. The molecule has 22 heavy (non-hydrogen) atoms. The molecule has 1 saturated carbocycles. The fourth-order valence-corrected chi connectivity index (χ4v) is 2.18. The molecule has 0 bridgehead atoms. The third-order valence-corrected chi connectivity index (χ3v) is 3.76. The van der Waals surface area contributed by atoms with Crippen molar-refractivity contribution in [1.82, 2.24) is 5.16 Å². The highest BCUT2D eigenvalue weighted by molar-refractivity contribution is 6.02. The normalized spacial score (nSPS) is 15.3. The monoisotopic (exact) mass is 300 g/mol. The molecule has 2 N–H and O–H groups in total. The minimum atomic E-state index is -0.908. The molecule has 1 fully saturated rings. The molecular weight excluding hydrogens is 284 g/mol. The first-order valence-corrected chi connectivity index (χ1v) is 7.15. The van der Waals surface area contributed by atoms with E-state index in [9.17, 15) is 9.59 Å². The number of rotatable bonds is 5. The van der Waals surface area contributed by atoms with E-state index in [1.165, 1.54) is 0 Å². The maximum atomic E-state index is 12.1. The van der Waals surface area contributed by atoms with E-state index in [1.54, 1.807) is 37.3 Å². The summed E-state index contributed by atoms with van der Waals surface area (Å²) in [6.45, 7) is 1.60. The van der Waals surface area contributed by atoms with Gasteiger partial charge in [0.1, 0.15) is 5.76 Å². The lowest BCUT2D eigenvalue weighted by molar-refractivity contribution is -0.138. The largest absolute Gasteiger partial charge is 0.481 e. The van der Waals surface area contributed by atoms with Gasteiger partial charge in [-0.2, -0.15) is 0 Å². The Morgan fingerprint density at radius 2 is 2.14 bits per heavy atom. The number of anilines is 1. The third kappa shape index (κ3) is 3.00. The van der Waals surface area contributed by atoms with Gasteiger partial charge in [-0.25, -0.2) is 0 Å². The second-order valence-electron chi connectivity index (χ2n) is 5.53. The molecule has 1 aromatic heterocycles. The van der Waals surface area contributed by atoms with Crippen LogP contribution in [0.2, 0.25) is 0 Å². The summed E-state index contributed by atoms with van der Waals surface area (Å²) in [5.41, 5.74) is 1.40. The molecule has 2 aromatic rings. The van der Waals surface area contributed by atoms with Gasteiger partial charge in [-0.1, -0.05) is 17.3 Å². The van der Waals surface area contributed by atoms with E-state index in [2.05, 4.69) is 10.5 Å². The van der Waals surface area contributed by atoms with E-state index in [-0.39, 0.29) is 11.6 Å². The number of aliphatic carboxylic acids is 1. The summed E-state index contributed by atoms with van der Waals surface area (Å²) in [6, 6.07) is 8.45. The maximum Gasteiger partial charge on any atom is 0.310 e. The lowest BCUT2D eigenvalue weighted by Crippen LogP contribution is -2.13. The number of nitrogens with one attached hydrogen (secondary N) is 1. The molecule has 0 aliphatic heterocycles. The minimum Gasteiger partial charge on any atom is -0.481 e. The van der Waals surface area contributed by atoms with Crippen LogP contribution in [0.25, 0.3) is 0 Å². The molecule has 1 aliphatic carbocycles. The van der Waals surface area contributed by atoms with Gasteiger partial charge in [0.05, 0.1) is 5.92 Å². The molecule has 1 atom stereocenters. The highest BCUT2D eigenvalue weighted by Crippen LogP contribution is 2.40. The van der Waals surface area contributed by atoms with Crippen LogP contribution < -0.4 is 5.32 Å². The zero-order valence-electron chi connectivity index (χ0n) is 12.1. The predicted octanol–water partition coefficient (Wildman–Crippen LogP) is 2.99. The summed E-state index contributed by atoms with van der Waals surface area (Å²) in [7, 11) is 0. The quantitative estimate of drug-likeness (QED) is 0.885. The zero-order valence-corrected chi connectivity index (χ0v) is 12.1. The first-order chi connectivity index (χ1) is 10.5. The van der Waals surface area contributed by atoms with E-state index < -0.39 is 11.9 Å². The number of carbonyl (C=O) groups is 2. The molecule has 0 spiro atoms. The molecule has 1 heterocycles. The molecule has 1 aromatic carbocycles. The van der Waals surface area contributed by atoms with Crippen molar-refractivity contribution in [1.29, 1.82) is 0 Å². The van der Waals surface area contributed by atoms with E-state index in [1.807, 2.05) is 0 Å². The summed E-state index contributed by atoms with van der Waals surface area (Å²) >= 11 is 0. The van der Waals surface area contributed by atoms with Crippen molar-refractivity contribution in [2.24, 2.45) is 0 Å². The van der Waals surface area contributed by atoms with Crippen LogP contribution in [0.1, 0.15) is 53.4 Å². The fourth-order valence-electron chi connectivity index (χ4n) is 2.18. The van der Waals surface area contributed by atoms with Crippen LogP contribution in [0.4, 0.5) is 5.69 Å². The number of nitrogens with zero attached hydrogens (tertiary/aromatic N) is 1. The van der Waals surface area contributed by atoms with E-state index in [0.29, 0.717) is 17.2 Å². The third-order valence-electron chi connectivity index (χ3n) is 3.76. The highest BCUT2D eigenvalue weighted by atomic mass is 16.5. The molecule has 6 heteroatoms. The Hall–Kier alpha value is -2.63. The standard InChI is InChI=1S/C16H16N2O4/c1-9(16(20)21)11-3-2-4-12(7-11)17-15(19)13-8-14(22-18-13)10-5-6-10/h2-4,7-10H,5-6H2,1H3,(H,17,19)(H,20,21). The van der Waals surface area contributed by atoms with Gasteiger partial charge in [-0.3, -0.25) is 9.59 Å². The molecule has 6 nitrogen and oxygen atoms in total. The molecule has 0 saturated heterocycles. The van der Waals surface area contributed by atoms with Gasteiger partial charge >= 0.3 is 5.97 Å². The van der Waals surface area contributed by atoms with Gasteiger partial charge in [-0.15, -0.1) is 0 Å². The Balaban J connectivity index is 1.72. The molecule has 114 valence electrons. The summed E-state index contributed by atoms with van der Waals surface area (Å²) in [6.07, 6.45) is 2.15. The van der Waals surface area contributed by atoms with Crippen LogP contribution in [0.15, 0.2) is 34.9 Å². The second kappa shape index (κ2) is 5.63. The van der Waals surface area contributed by atoms with Crippen molar-refractivity contribution < 1.29 is 19.2 Å². The Morgan fingerprint density at radius 1 is 1.36 bits per heavy atom. The Labute approximate surface area is 127 Å². The Bertz CT molecular complexity index is 718. The highest BCUT2D eigenvalue weighted by Gasteiger charge is 2.28. The van der Waals surface area contributed by atoms with E-state index in [4.69, 9.17) is 9.63 Å². The van der Waals surface area contributed by atoms with Gasteiger partial charge in [0.25, 0.3) is 5.91 Å². The Kier molecular flexibility index (Phi) is 3.66. The molecule has 1 unspecified atom stereocenters. The van der Waals surface area contributed by atoms with Crippen molar-refractivity contribution in [2.75, 3.05) is 5.32 Å². The van der Waals surface area contributed by atoms with Crippen LogP contribution in [0, 0.1) is 0 Å². The van der Waals surface area contributed by atoms with Crippen molar-refractivity contribution >= 4 is 17.6 Å². The molecule has 1 aliphatic rings. The van der Waals surface area contributed by atoms with Crippen molar-refractivity contribution in [2.45, 2.75) is 31.6 Å². The first kappa shape index (κ1) is 14.3. The van der Waals surface area contributed by atoms with Gasteiger partial charge in [0.2, 0.25) is 0 Å². The van der Waals surface area contributed by atoms with E-state index >= 15 is 0 Å². The molecule has 1 amide bonds. The lowest BCUT2D eigenvalue weighted by atomic mass is 10.0. The van der Waals surface area contributed by atoms with Gasteiger partial charge < -0.3 is 14.9 Å². The van der Waals surface area contributed by atoms with Crippen LogP contribution in [-0.2, 0) is 4.79 Å². The maximum absolute atomic E-state index is 12.1. The van der Waals surface area contributed by atoms with Crippen LogP contribution in [-0.4, -0.2) is 22.1 Å². The molecule has 0 radical (unpaired) electrons. The number of benzene rings is 1. The number of hydrogen-bond acceptors (Lipinski definition) is 4. The van der Waals surface area contributed by atoms with E-state index in [0.717, 1.165) is 18.6 Å². The number of carbonyl (C=O) groups excluding carboxylic acids is 1. The van der Waals surface area contributed by atoms with Gasteiger partial charge in [-0.05, 0) is 37.5 Å². The fraction of sp³-hybridized carbons (Fsp3) is 0.312. The van der Waals surface area contributed by atoms with Crippen molar-refractivity contribution in [3.8, 4) is 0 Å². The molecular formula is C16H16N2O4. The summed E-state index contributed by atoms with van der Waals surface area (Å²) in [4.78, 5) is 23.2. The summed E-state index contributed by atoms with van der Waals surface area (Å²) in [5.74, 6) is -0.762. The SMILES string of the molecule is CC(C(=O)O)c1cccc(NC(=O)c2cc(C3CC3)on2)c1. The topological polar surface area (TPSA) is 92.4 Å². The Morgan fingerprint density at radius 3 is 2.82 bits per heavy atom. The predicted molar refractivity (Wildman–Crippen MR) is 78.9 cm³/mol. The van der Waals surface area contributed by atoms with Crippen molar-refractivity contribution in [3.05, 3.63) is 47.3 Å². The van der Waals surface area contributed by atoms with Crippen LogP contribution >= 0.6 is 0 Å². The summed E-state index contributed by atoms with van der Waals surface area (Å²) < 4.78 is 5.15. The number of carboxylic acid groups (broad SMARTS) is 1. The average molecular weight is 300 g/mol. The second-order valence-corrected chi connectivity index (χ2v) is 5.53. The average Bonchev–Trinajstić information content (AvgIpc) is 3.23. The lowest BCUT2D eigenvalue weighted by Gasteiger charge is -2.09. The minimum absolute atomic E-state index is 0.235. The molecule has 3 rings (SSSR count). The first-order valence-electron chi connectivity index (χ1n) is 7.15.